The minimum Gasteiger partial charge on any atom is -0.384 e. The van der Waals surface area contributed by atoms with Crippen molar-refractivity contribution in [3.63, 3.8) is 0 Å². The zero-order valence-electron chi connectivity index (χ0n) is 10.5. The van der Waals surface area contributed by atoms with Crippen LogP contribution in [0.15, 0.2) is 41.6 Å². The zero-order valence-corrected chi connectivity index (χ0v) is 11.3. The predicted octanol–water partition coefficient (Wildman–Crippen LogP) is 1.44. The van der Waals surface area contributed by atoms with E-state index in [2.05, 4.69) is 9.71 Å². The molecule has 0 unspecified atom stereocenters. The number of hydrogen-bond acceptors (Lipinski definition) is 4. The van der Waals surface area contributed by atoms with Gasteiger partial charge in [0, 0.05) is 11.8 Å². The average Bonchev–Trinajstić information content (AvgIpc) is 2.40. The van der Waals surface area contributed by atoms with E-state index in [9.17, 15) is 17.2 Å². The number of halogens is 2. The van der Waals surface area contributed by atoms with Crippen LogP contribution in [0.5, 0.6) is 0 Å². The number of benzene rings is 1. The fraction of sp³-hybridized carbons (Fsp3) is 0. The van der Waals surface area contributed by atoms with Gasteiger partial charge < -0.3 is 5.73 Å². The highest BCUT2D eigenvalue weighted by Gasteiger charge is 2.18. The number of nitrogens with zero attached hydrogens (tertiary/aromatic N) is 1. The SMILES string of the molecule is N=C(N)c1cc(F)ccc1NS(=O)(=O)c1cncc(F)c1. The smallest absolute Gasteiger partial charge is 0.263 e. The number of hydrogen-bond donors (Lipinski definition) is 3. The molecule has 0 aliphatic rings. The lowest BCUT2D eigenvalue weighted by atomic mass is 10.1. The molecule has 0 spiro atoms. The van der Waals surface area contributed by atoms with Crippen molar-refractivity contribution in [3.8, 4) is 0 Å². The van der Waals surface area contributed by atoms with Crippen molar-refractivity contribution in [2.45, 2.75) is 4.90 Å². The highest BCUT2D eigenvalue weighted by molar-refractivity contribution is 7.92. The Labute approximate surface area is 119 Å². The number of anilines is 1. The van der Waals surface area contributed by atoms with Crippen LogP contribution in [0, 0.1) is 17.0 Å². The first-order valence-corrected chi connectivity index (χ1v) is 7.05. The zero-order chi connectivity index (χ0) is 15.6. The Kier molecular flexibility index (Phi) is 3.85. The van der Waals surface area contributed by atoms with Gasteiger partial charge in [-0.05, 0) is 24.3 Å². The van der Waals surface area contributed by atoms with Gasteiger partial charge in [0.15, 0.2) is 0 Å². The summed E-state index contributed by atoms with van der Waals surface area (Å²) in [5.41, 5.74) is 5.06. The molecule has 1 aromatic carbocycles. The van der Waals surface area contributed by atoms with Gasteiger partial charge in [0.05, 0.1) is 11.9 Å². The van der Waals surface area contributed by atoms with Crippen LogP contribution < -0.4 is 10.5 Å². The lowest BCUT2D eigenvalue weighted by Gasteiger charge is -2.11. The van der Waals surface area contributed by atoms with E-state index in [1.54, 1.807) is 0 Å². The van der Waals surface area contributed by atoms with Gasteiger partial charge in [0.25, 0.3) is 10.0 Å². The van der Waals surface area contributed by atoms with Crippen molar-refractivity contribution in [1.82, 2.24) is 4.98 Å². The van der Waals surface area contributed by atoms with Gasteiger partial charge in [0.1, 0.15) is 22.4 Å². The Hall–Kier alpha value is -2.55. The van der Waals surface area contributed by atoms with Crippen LogP contribution in [0.25, 0.3) is 0 Å². The summed E-state index contributed by atoms with van der Waals surface area (Å²) in [6.07, 6.45) is 1.82. The van der Waals surface area contributed by atoms with Gasteiger partial charge in [-0.1, -0.05) is 0 Å². The minimum atomic E-state index is -4.13. The Morgan fingerprint density at radius 1 is 1.19 bits per heavy atom. The van der Waals surface area contributed by atoms with Gasteiger partial charge in [0.2, 0.25) is 0 Å². The number of amidine groups is 1. The third-order valence-corrected chi connectivity index (χ3v) is 3.84. The van der Waals surface area contributed by atoms with E-state index in [-0.39, 0.29) is 11.3 Å². The maximum absolute atomic E-state index is 13.1. The van der Waals surface area contributed by atoms with Crippen molar-refractivity contribution in [2.24, 2.45) is 5.73 Å². The van der Waals surface area contributed by atoms with Gasteiger partial charge in [-0.25, -0.2) is 17.2 Å². The molecule has 0 radical (unpaired) electrons. The molecule has 0 saturated heterocycles. The number of pyridine rings is 1. The van der Waals surface area contributed by atoms with E-state index < -0.39 is 32.4 Å². The third kappa shape index (κ3) is 3.31. The Balaban J connectivity index is 2.44. The summed E-state index contributed by atoms with van der Waals surface area (Å²) in [7, 11) is -4.13. The maximum Gasteiger partial charge on any atom is 0.263 e. The molecular formula is C12H10F2N4O2S. The second kappa shape index (κ2) is 5.44. The molecule has 6 nitrogen and oxygen atoms in total. The largest absolute Gasteiger partial charge is 0.384 e. The van der Waals surface area contributed by atoms with Crippen LogP contribution >= 0.6 is 0 Å². The predicted molar refractivity (Wildman–Crippen MR) is 72.4 cm³/mol. The fourth-order valence-electron chi connectivity index (χ4n) is 1.57. The molecule has 4 N–H and O–H groups in total. The van der Waals surface area contributed by atoms with E-state index in [4.69, 9.17) is 11.1 Å². The van der Waals surface area contributed by atoms with E-state index in [0.29, 0.717) is 0 Å². The van der Waals surface area contributed by atoms with Crippen molar-refractivity contribution in [3.05, 3.63) is 53.9 Å². The second-order valence-corrected chi connectivity index (χ2v) is 5.73. The summed E-state index contributed by atoms with van der Waals surface area (Å²) < 4.78 is 52.5. The normalized spacial score (nSPS) is 11.1. The summed E-state index contributed by atoms with van der Waals surface area (Å²) >= 11 is 0. The number of nitrogens with one attached hydrogen (secondary N) is 2. The standard InChI is InChI=1S/C12H10F2N4O2S/c13-7-1-2-11(10(4-7)12(15)16)18-21(19,20)9-3-8(14)5-17-6-9/h1-6,18H,(H3,15,16). The molecule has 0 amide bonds. The first kappa shape index (κ1) is 14.9. The molecule has 9 heteroatoms. The van der Waals surface area contributed by atoms with E-state index >= 15 is 0 Å². The first-order chi connectivity index (χ1) is 9.79. The third-order valence-electron chi connectivity index (χ3n) is 2.51. The van der Waals surface area contributed by atoms with E-state index in [0.717, 1.165) is 36.7 Å². The Morgan fingerprint density at radius 2 is 1.90 bits per heavy atom. The molecule has 21 heavy (non-hydrogen) atoms. The average molecular weight is 312 g/mol. The van der Waals surface area contributed by atoms with Crippen molar-refractivity contribution in [1.29, 1.82) is 5.41 Å². The number of sulfonamides is 1. The molecule has 0 bridgehead atoms. The monoisotopic (exact) mass is 312 g/mol. The van der Waals surface area contributed by atoms with Gasteiger partial charge >= 0.3 is 0 Å². The lowest BCUT2D eigenvalue weighted by molar-refractivity contribution is 0.592. The number of aromatic nitrogens is 1. The summed E-state index contributed by atoms with van der Waals surface area (Å²) in [5.74, 6) is -2.00. The van der Waals surface area contributed by atoms with Crippen molar-refractivity contribution in [2.75, 3.05) is 4.72 Å². The van der Waals surface area contributed by atoms with Crippen LogP contribution in [0.2, 0.25) is 0 Å². The molecular weight excluding hydrogens is 302 g/mol. The number of nitrogens with two attached hydrogens (primary N) is 1. The van der Waals surface area contributed by atoms with Crippen LogP contribution in [0.3, 0.4) is 0 Å². The topological polar surface area (TPSA) is 109 Å². The number of nitrogen functional groups attached to an aromatic ring is 1. The van der Waals surface area contributed by atoms with Crippen LogP contribution in [-0.4, -0.2) is 19.2 Å². The molecule has 0 atom stereocenters. The molecule has 2 rings (SSSR count). The number of rotatable bonds is 4. The lowest BCUT2D eigenvalue weighted by Crippen LogP contribution is -2.19. The van der Waals surface area contributed by atoms with Gasteiger partial charge in [-0.2, -0.15) is 0 Å². The van der Waals surface area contributed by atoms with E-state index in [1.165, 1.54) is 0 Å². The molecule has 0 aliphatic carbocycles. The van der Waals surface area contributed by atoms with Gasteiger partial charge in [-0.15, -0.1) is 0 Å². The molecule has 1 heterocycles. The first-order valence-electron chi connectivity index (χ1n) is 5.57. The molecule has 0 fully saturated rings. The highest BCUT2D eigenvalue weighted by Crippen LogP contribution is 2.21. The Morgan fingerprint density at radius 3 is 2.52 bits per heavy atom. The summed E-state index contributed by atoms with van der Waals surface area (Å²) in [5, 5.41) is 7.32. The Bertz CT molecular complexity index is 809. The molecule has 110 valence electrons. The van der Waals surface area contributed by atoms with Crippen molar-refractivity contribution < 1.29 is 17.2 Å². The highest BCUT2D eigenvalue weighted by atomic mass is 32.2. The van der Waals surface area contributed by atoms with Gasteiger partial charge in [-0.3, -0.25) is 15.1 Å². The van der Waals surface area contributed by atoms with E-state index in [1.807, 2.05) is 0 Å². The van der Waals surface area contributed by atoms with Crippen LogP contribution in [0.1, 0.15) is 5.56 Å². The van der Waals surface area contributed by atoms with Crippen LogP contribution in [0.4, 0.5) is 14.5 Å². The molecule has 2 aromatic rings. The molecule has 0 saturated carbocycles. The minimum absolute atomic E-state index is 0.0897. The summed E-state index contributed by atoms with van der Waals surface area (Å²) in [4.78, 5) is 3.04. The summed E-state index contributed by atoms with van der Waals surface area (Å²) in [6, 6.07) is 3.83. The molecule has 0 aliphatic heterocycles. The second-order valence-electron chi connectivity index (χ2n) is 4.05. The quantitative estimate of drug-likeness (QED) is 0.586. The summed E-state index contributed by atoms with van der Waals surface area (Å²) in [6.45, 7) is 0. The van der Waals surface area contributed by atoms with Crippen molar-refractivity contribution >= 4 is 21.5 Å². The maximum atomic E-state index is 13.1. The fourth-order valence-corrected chi connectivity index (χ4v) is 2.62. The molecule has 1 aromatic heterocycles. The van der Waals surface area contributed by atoms with Crippen LogP contribution in [-0.2, 0) is 10.0 Å².